The van der Waals surface area contributed by atoms with Gasteiger partial charge in [0.2, 0.25) is 0 Å². The first-order valence-electron chi connectivity index (χ1n) is 6.41. The predicted molar refractivity (Wildman–Crippen MR) is 68.9 cm³/mol. The molecular weight excluding hydrogens is 255 g/mol. The normalized spacial score (nSPS) is 24.6. The minimum atomic E-state index is -4.39. The van der Waals surface area contributed by atoms with E-state index in [1.165, 1.54) is 0 Å². The molecule has 2 atom stereocenters. The van der Waals surface area contributed by atoms with E-state index in [0.29, 0.717) is 5.69 Å². The van der Waals surface area contributed by atoms with Crippen molar-refractivity contribution in [2.24, 2.45) is 0 Å². The molecule has 1 aliphatic rings. The molecule has 3 nitrogen and oxygen atoms in total. The number of aromatic nitrogens is 1. The van der Waals surface area contributed by atoms with E-state index in [4.69, 9.17) is 5.73 Å². The van der Waals surface area contributed by atoms with Gasteiger partial charge in [-0.15, -0.1) is 0 Å². The number of nitrogens with zero attached hydrogens (tertiary/aromatic N) is 2. The van der Waals surface area contributed by atoms with Crippen molar-refractivity contribution >= 4 is 11.5 Å². The number of anilines is 2. The van der Waals surface area contributed by atoms with Crippen molar-refractivity contribution in [3.63, 3.8) is 0 Å². The smallest absolute Gasteiger partial charge is 0.382 e. The predicted octanol–water partition coefficient (Wildman–Crippen LogP) is 3.45. The molecule has 106 valence electrons. The standard InChI is InChI=1S/C13H18F3N3/c1-8-4-3-5-9(2)19(8)11-6-10(13(14,15)16)7-18-12(11)17/h6-9H,3-5H2,1-2H3,(H2,17,18). The zero-order valence-electron chi connectivity index (χ0n) is 11.0. The largest absolute Gasteiger partial charge is 0.417 e. The first-order chi connectivity index (χ1) is 8.80. The maximum atomic E-state index is 12.8. The maximum Gasteiger partial charge on any atom is 0.417 e. The first-order valence-corrected chi connectivity index (χ1v) is 6.41. The van der Waals surface area contributed by atoms with Crippen LogP contribution >= 0.6 is 0 Å². The van der Waals surface area contributed by atoms with Gasteiger partial charge >= 0.3 is 6.18 Å². The van der Waals surface area contributed by atoms with Crippen molar-refractivity contribution in [3.05, 3.63) is 17.8 Å². The Hall–Kier alpha value is -1.46. The highest BCUT2D eigenvalue weighted by Gasteiger charge is 2.34. The summed E-state index contributed by atoms with van der Waals surface area (Å²) in [6.45, 7) is 4.02. The van der Waals surface area contributed by atoms with Crippen molar-refractivity contribution in [3.8, 4) is 0 Å². The quantitative estimate of drug-likeness (QED) is 0.852. The molecule has 1 aromatic heterocycles. The summed E-state index contributed by atoms with van der Waals surface area (Å²) < 4.78 is 38.3. The van der Waals surface area contributed by atoms with Gasteiger partial charge in [0.05, 0.1) is 11.3 Å². The lowest BCUT2D eigenvalue weighted by Crippen LogP contribution is -2.44. The van der Waals surface area contributed by atoms with Crippen LogP contribution in [0.3, 0.4) is 0 Å². The SMILES string of the molecule is CC1CCCC(C)N1c1cc(C(F)(F)F)cnc1N. The summed E-state index contributed by atoms with van der Waals surface area (Å²) in [5.74, 6) is 0.161. The Morgan fingerprint density at radius 1 is 1.26 bits per heavy atom. The van der Waals surface area contributed by atoms with Gasteiger partial charge in [0.15, 0.2) is 0 Å². The van der Waals surface area contributed by atoms with Crippen LogP contribution in [0.2, 0.25) is 0 Å². The number of piperidine rings is 1. The van der Waals surface area contributed by atoms with Crippen LogP contribution in [-0.4, -0.2) is 17.1 Å². The number of halogens is 3. The Bertz CT molecular complexity index is 449. The zero-order chi connectivity index (χ0) is 14.2. The van der Waals surface area contributed by atoms with E-state index in [2.05, 4.69) is 4.98 Å². The van der Waals surface area contributed by atoms with Crippen LogP contribution in [-0.2, 0) is 6.18 Å². The Kier molecular flexibility index (Phi) is 3.60. The lowest BCUT2D eigenvalue weighted by atomic mass is 9.96. The molecule has 0 radical (unpaired) electrons. The molecule has 1 aliphatic heterocycles. The lowest BCUT2D eigenvalue weighted by molar-refractivity contribution is -0.137. The number of hydrogen-bond acceptors (Lipinski definition) is 3. The van der Waals surface area contributed by atoms with Gasteiger partial charge < -0.3 is 10.6 Å². The van der Waals surface area contributed by atoms with Gasteiger partial charge in [-0.25, -0.2) is 4.98 Å². The van der Waals surface area contributed by atoms with Crippen LogP contribution in [0.4, 0.5) is 24.7 Å². The van der Waals surface area contributed by atoms with Crippen molar-refractivity contribution in [2.75, 3.05) is 10.6 Å². The van der Waals surface area contributed by atoms with Gasteiger partial charge in [-0.05, 0) is 39.2 Å². The van der Waals surface area contributed by atoms with Crippen molar-refractivity contribution in [1.29, 1.82) is 0 Å². The third-order valence-corrected chi connectivity index (χ3v) is 3.70. The molecule has 19 heavy (non-hydrogen) atoms. The number of pyridine rings is 1. The second-order valence-electron chi connectivity index (χ2n) is 5.16. The number of hydrogen-bond donors (Lipinski definition) is 1. The van der Waals surface area contributed by atoms with Gasteiger partial charge in [0.25, 0.3) is 0 Å². The molecule has 6 heteroatoms. The van der Waals surface area contributed by atoms with Gasteiger partial charge in [-0.3, -0.25) is 0 Å². The molecule has 1 aromatic rings. The highest BCUT2D eigenvalue weighted by atomic mass is 19.4. The molecule has 2 N–H and O–H groups in total. The van der Waals surface area contributed by atoms with Gasteiger partial charge in [0, 0.05) is 18.3 Å². The molecule has 0 bridgehead atoms. The number of nitrogen functional groups attached to an aromatic ring is 1. The van der Waals surface area contributed by atoms with Crippen LogP contribution < -0.4 is 10.6 Å². The first kappa shape index (κ1) is 14.0. The second kappa shape index (κ2) is 4.90. The molecule has 0 amide bonds. The molecule has 0 aromatic carbocycles. The molecule has 2 rings (SSSR count). The van der Waals surface area contributed by atoms with Crippen molar-refractivity contribution < 1.29 is 13.2 Å². The third-order valence-electron chi connectivity index (χ3n) is 3.70. The molecule has 0 saturated carbocycles. The van der Waals surface area contributed by atoms with E-state index in [-0.39, 0.29) is 17.9 Å². The molecular formula is C13H18F3N3. The van der Waals surface area contributed by atoms with E-state index in [0.717, 1.165) is 31.5 Å². The fourth-order valence-corrected chi connectivity index (χ4v) is 2.72. The summed E-state index contributed by atoms with van der Waals surface area (Å²) in [6.07, 6.45) is -0.596. The molecule has 0 aliphatic carbocycles. The molecule has 1 fully saturated rings. The summed E-state index contributed by atoms with van der Waals surface area (Å²) in [6, 6.07) is 1.47. The zero-order valence-corrected chi connectivity index (χ0v) is 11.0. The highest BCUT2D eigenvalue weighted by molar-refractivity contribution is 5.65. The monoisotopic (exact) mass is 273 g/mol. The van der Waals surface area contributed by atoms with Crippen LogP contribution in [0, 0.1) is 0 Å². The average molecular weight is 273 g/mol. The topological polar surface area (TPSA) is 42.2 Å². The van der Waals surface area contributed by atoms with Gasteiger partial charge in [-0.2, -0.15) is 13.2 Å². The van der Waals surface area contributed by atoms with E-state index < -0.39 is 11.7 Å². The third kappa shape index (κ3) is 2.77. The van der Waals surface area contributed by atoms with Crippen molar-refractivity contribution in [2.45, 2.75) is 51.4 Å². The van der Waals surface area contributed by atoms with Crippen LogP contribution in [0.5, 0.6) is 0 Å². The Labute approximate surface area is 110 Å². The Morgan fingerprint density at radius 2 is 1.84 bits per heavy atom. The molecule has 0 spiro atoms. The minimum Gasteiger partial charge on any atom is -0.382 e. The number of nitrogens with two attached hydrogens (primary N) is 1. The number of rotatable bonds is 1. The Balaban J connectivity index is 2.42. The lowest BCUT2D eigenvalue weighted by Gasteiger charge is -2.41. The second-order valence-corrected chi connectivity index (χ2v) is 5.16. The fraction of sp³-hybridized carbons (Fsp3) is 0.615. The van der Waals surface area contributed by atoms with E-state index in [1.54, 1.807) is 0 Å². The van der Waals surface area contributed by atoms with Crippen LogP contribution in [0.25, 0.3) is 0 Å². The van der Waals surface area contributed by atoms with Gasteiger partial charge in [-0.1, -0.05) is 0 Å². The Morgan fingerprint density at radius 3 is 2.37 bits per heavy atom. The summed E-state index contributed by atoms with van der Waals surface area (Å²) in [5.41, 5.74) is 5.42. The van der Waals surface area contributed by atoms with Gasteiger partial charge in [0.1, 0.15) is 5.82 Å². The highest BCUT2D eigenvalue weighted by Crippen LogP contribution is 2.36. The molecule has 2 unspecified atom stereocenters. The fourth-order valence-electron chi connectivity index (χ4n) is 2.72. The van der Waals surface area contributed by atoms with Crippen LogP contribution in [0.1, 0.15) is 38.7 Å². The summed E-state index contributed by atoms with van der Waals surface area (Å²) >= 11 is 0. The number of alkyl halides is 3. The van der Waals surface area contributed by atoms with Crippen LogP contribution in [0.15, 0.2) is 12.3 Å². The van der Waals surface area contributed by atoms with Crippen molar-refractivity contribution in [1.82, 2.24) is 4.98 Å². The van der Waals surface area contributed by atoms with E-state index in [1.807, 2.05) is 18.7 Å². The van der Waals surface area contributed by atoms with E-state index >= 15 is 0 Å². The maximum absolute atomic E-state index is 12.8. The molecule has 2 heterocycles. The van der Waals surface area contributed by atoms with E-state index in [9.17, 15) is 13.2 Å². The minimum absolute atomic E-state index is 0.161. The summed E-state index contributed by atoms with van der Waals surface area (Å²) in [5, 5.41) is 0. The summed E-state index contributed by atoms with van der Waals surface area (Å²) in [4.78, 5) is 5.67. The average Bonchev–Trinajstić information content (AvgIpc) is 2.29. The molecule has 1 saturated heterocycles. The summed E-state index contributed by atoms with van der Waals surface area (Å²) in [7, 11) is 0.